The molecule has 0 bridgehead atoms. The Morgan fingerprint density at radius 1 is 1.35 bits per heavy atom. The summed E-state index contributed by atoms with van der Waals surface area (Å²) in [5.41, 5.74) is 5.77. The van der Waals surface area contributed by atoms with Crippen molar-refractivity contribution in [3.05, 3.63) is 18.7 Å². The van der Waals surface area contributed by atoms with Gasteiger partial charge < -0.3 is 15.6 Å². The predicted molar refractivity (Wildman–Crippen MR) is 69.6 cm³/mol. The molecule has 2 atom stereocenters. The molecule has 17 heavy (non-hydrogen) atoms. The van der Waals surface area contributed by atoms with Crippen molar-refractivity contribution in [2.45, 2.75) is 44.7 Å². The lowest BCUT2D eigenvalue weighted by Crippen LogP contribution is -2.36. The minimum Gasteiger partial charge on any atom is -0.337 e. The molecule has 3 N–H and O–H groups in total. The average Bonchev–Trinajstić information content (AvgIpc) is 2.98. The normalized spacial score (nSPS) is 24.3. The minimum atomic E-state index is 0.674. The second-order valence-electron chi connectivity index (χ2n) is 4.99. The van der Waals surface area contributed by atoms with Gasteiger partial charge in [0.1, 0.15) is 0 Å². The second-order valence-corrected chi connectivity index (χ2v) is 4.99. The fraction of sp³-hybridized carbons (Fsp3) is 0.769. The fourth-order valence-corrected chi connectivity index (χ4v) is 2.71. The van der Waals surface area contributed by atoms with Gasteiger partial charge in [-0.25, -0.2) is 4.98 Å². The van der Waals surface area contributed by atoms with Crippen molar-refractivity contribution in [1.82, 2.24) is 14.9 Å². The van der Waals surface area contributed by atoms with E-state index in [4.69, 9.17) is 5.73 Å². The highest BCUT2D eigenvalue weighted by Gasteiger charge is 2.24. The van der Waals surface area contributed by atoms with Crippen LogP contribution in [0.3, 0.4) is 0 Å². The van der Waals surface area contributed by atoms with Crippen molar-refractivity contribution in [3.8, 4) is 0 Å². The van der Waals surface area contributed by atoms with Crippen LogP contribution < -0.4 is 11.1 Å². The van der Waals surface area contributed by atoms with Gasteiger partial charge in [-0.15, -0.1) is 0 Å². The summed E-state index contributed by atoms with van der Waals surface area (Å²) in [5.74, 6) is 0.712. The topological polar surface area (TPSA) is 55.9 Å². The largest absolute Gasteiger partial charge is 0.337 e. The van der Waals surface area contributed by atoms with Crippen LogP contribution in [0.2, 0.25) is 0 Å². The number of aryl methyl sites for hydroxylation is 1. The van der Waals surface area contributed by atoms with E-state index >= 15 is 0 Å². The Balaban J connectivity index is 1.54. The van der Waals surface area contributed by atoms with E-state index in [0.717, 1.165) is 19.6 Å². The van der Waals surface area contributed by atoms with Gasteiger partial charge in [-0.1, -0.05) is 6.42 Å². The van der Waals surface area contributed by atoms with E-state index in [9.17, 15) is 0 Å². The number of nitrogens with two attached hydrogens (primary N) is 1. The molecule has 1 saturated carbocycles. The number of nitrogens with zero attached hydrogens (tertiary/aromatic N) is 2. The lowest BCUT2D eigenvalue weighted by molar-refractivity contribution is 0.400. The van der Waals surface area contributed by atoms with E-state index in [-0.39, 0.29) is 0 Å². The third-order valence-electron chi connectivity index (χ3n) is 3.77. The highest BCUT2D eigenvalue weighted by molar-refractivity contribution is 4.83. The standard InChI is InChI=1S/C13H24N4/c14-10-12-4-3-5-13(12)16-6-1-2-8-17-9-7-15-11-17/h7,9,11-13,16H,1-6,8,10,14H2. The van der Waals surface area contributed by atoms with E-state index in [1.54, 1.807) is 0 Å². The molecule has 1 heterocycles. The molecule has 1 aromatic rings. The first-order chi connectivity index (χ1) is 8.40. The van der Waals surface area contributed by atoms with Crippen molar-refractivity contribution in [2.75, 3.05) is 13.1 Å². The number of hydrogen-bond acceptors (Lipinski definition) is 3. The van der Waals surface area contributed by atoms with Crippen molar-refractivity contribution in [1.29, 1.82) is 0 Å². The van der Waals surface area contributed by atoms with E-state index in [1.807, 2.05) is 18.7 Å². The van der Waals surface area contributed by atoms with Gasteiger partial charge in [0.15, 0.2) is 0 Å². The molecule has 1 aliphatic rings. The van der Waals surface area contributed by atoms with Gasteiger partial charge in [-0.3, -0.25) is 0 Å². The van der Waals surface area contributed by atoms with Crippen molar-refractivity contribution in [2.24, 2.45) is 11.7 Å². The van der Waals surface area contributed by atoms with Crippen LogP contribution in [-0.4, -0.2) is 28.7 Å². The monoisotopic (exact) mass is 236 g/mol. The molecule has 1 aromatic heterocycles. The van der Waals surface area contributed by atoms with Gasteiger partial charge >= 0.3 is 0 Å². The zero-order valence-electron chi connectivity index (χ0n) is 10.5. The third kappa shape index (κ3) is 3.82. The molecule has 0 amide bonds. The van der Waals surface area contributed by atoms with Crippen LogP contribution in [0.4, 0.5) is 0 Å². The molecule has 0 saturated heterocycles. The molecular formula is C13H24N4. The molecule has 2 unspecified atom stereocenters. The SMILES string of the molecule is NCC1CCCC1NCCCCn1ccnc1. The lowest BCUT2D eigenvalue weighted by Gasteiger charge is -2.19. The smallest absolute Gasteiger partial charge is 0.0945 e. The highest BCUT2D eigenvalue weighted by Crippen LogP contribution is 2.24. The number of imidazole rings is 1. The predicted octanol–water partition coefficient (Wildman–Crippen LogP) is 1.38. The van der Waals surface area contributed by atoms with Crippen molar-refractivity contribution < 1.29 is 0 Å². The van der Waals surface area contributed by atoms with Crippen molar-refractivity contribution >= 4 is 0 Å². The first-order valence-electron chi connectivity index (χ1n) is 6.79. The van der Waals surface area contributed by atoms with Gasteiger partial charge in [0.2, 0.25) is 0 Å². The van der Waals surface area contributed by atoms with E-state index < -0.39 is 0 Å². The summed E-state index contributed by atoms with van der Waals surface area (Å²) in [6.45, 7) is 3.04. The number of unbranched alkanes of at least 4 members (excludes halogenated alkanes) is 1. The molecular weight excluding hydrogens is 212 g/mol. The van der Waals surface area contributed by atoms with Crippen LogP contribution in [0.1, 0.15) is 32.1 Å². The van der Waals surface area contributed by atoms with Gasteiger partial charge in [0, 0.05) is 25.0 Å². The maximum Gasteiger partial charge on any atom is 0.0945 e. The Morgan fingerprint density at radius 2 is 2.29 bits per heavy atom. The first kappa shape index (κ1) is 12.6. The van der Waals surface area contributed by atoms with Crippen LogP contribution in [0.25, 0.3) is 0 Å². The quantitative estimate of drug-likeness (QED) is 0.703. The molecule has 4 heteroatoms. The summed E-state index contributed by atoms with van der Waals surface area (Å²) < 4.78 is 2.14. The zero-order valence-corrected chi connectivity index (χ0v) is 10.5. The highest BCUT2D eigenvalue weighted by atomic mass is 15.0. The number of nitrogens with one attached hydrogen (secondary N) is 1. The molecule has 1 aliphatic carbocycles. The van der Waals surface area contributed by atoms with Gasteiger partial charge in [0.25, 0.3) is 0 Å². The number of aromatic nitrogens is 2. The average molecular weight is 236 g/mol. The molecule has 1 fully saturated rings. The van der Waals surface area contributed by atoms with Crippen LogP contribution in [0.15, 0.2) is 18.7 Å². The van der Waals surface area contributed by atoms with Gasteiger partial charge in [-0.2, -0.15) is 0 Å². The Bertz CT molecular complexity index is 296. The summed E-state index contributed by atoms with van der Waals surface area (Å²) in [4.78, 5) is 4.04. The molecule has 96 valence electrons. The maximum atomic E-state index is 5.77. The number of rotatable bonds is 7. The molecule has 4 nitrogen and oxygen atoms in total. The van der Waals surface area contributed by atoms with E-state index in [1.165, 1.54) is 32.1 Å². The lowest BCUT2D eigenvalue weighted by atomic mass is 10.0. The Hall–Kier alpha value is -0.870. The second kappa shape index (κ2) is 6.77. The Labute approximate surface area is 104 Å². The van der Waals surface area contributed by atoms with Gasteiger partial charge in [0.05, 0.1) is 6.33 Å². The third-order valence-corrected chi connectivity index (χ3v) is 3.77. The van der Waals surface area contributed by atoms with Gasteiger partial charge in [-0.05, 0) is 44.7 Å². The van der Waals surface area contributed by atoms with Crippen LogP contribution in [0.5, 0.6) is 0 Å². The molecule has 2 rings (SSSR count). The molecule has 0 radical (unpaired) electrons. The number of hydrogen-bond donors (Lipinski definition) is 2. The minimum absolute atomic E-state index is 0.674. The summed E-state index contributed by atoms with van der Waals surface area (Å²) in [5, 5.41) is 3.66. The van der Waals surface area contributed by atoms with Crippen LogP contribution in [-0.2, 0) is 6.54 Å². The van der Waals surface area contributed by atoms with Crippen molar-refractivity contribution in [3.63, 3.8) is 0 Å². The summed E-state index contributed by atoms with van der Waals surface area (Å²) in [6, 6.07) is 0.674. The summed E-state index contributed by atoms with van der Waals surface area (Å²) in [7, 11) is 0. The molecule has 0 aromatic carbocycles. The molecule has 0 spiro atoms. The summed E-state index contributed by atoms with van der Waals surface area (Å²) >= 11 is 0. The van der Waals surface area contributed by atoms with Crippen LogP contribution in [0, 0.1) is 5.92 Å². The van der Waals surface area contributed by atoms with Crippen LogP contribution >= 0.6 is 0 Å². The Morgan fingerprint density at radius 3 is 3.06 bits per heavy atom. The Kier molecular flexibility index (Phi) is 5.01. The first-order valence-corrected chi connectivity index (χ1v) is 6.79. The maximum absolute atomic E-state index is 5.77. The summed E-state index contributed by atoms with van der Waals surface area (Å²) in [6.07, 6.45) is 12.1. The molecule has 0 aliphatic heterocycles. The van der Waals surface area contributed by atoms with E-state index in [2.05, 4.69) is 14.9 Å². The van der Waals surface area contributed by atoms with E-state index in [0.29, 0.717) is 12.0 Å². The fourth-order valence-electron chi connectivity index (χ4n) is 2.71. The zero-order chi connectivity index (χ0) is 11.9.